The van der Waals surface area contributed by atoms with Gasteiger partial charge in [-0.25, -0.2) is 0 Å². The average Bonchev–Trinajstić information content (AvgIpc) is 2.81. The molecule has 1 N–H and O–H groups in total. The quantitative estimate of drug-likeness (QED) is 0.783. The normalized spacial score (nSPS) is 13.6. The molecule has 1 unspecified atom stereocenters. The minimum Gasteiger partial charge on any atom is -0.383 e. The van der Waals surface area contributed by atoms with Gasteiger partial charge in [0.05, 0.1) is 10.0 Å². The Morgan fingerprint density at radius 2 is 1.79 bits per heavy atom. The molecule has 1 aromatic carbocycles. The molecule has 19 heavy (non-hydrogen) atoms. The van der Waals surface area contributed by atoms with Crippen molar-refractivity contribution >= 4 is 34.5 Å². The lowest BCUT2D eigenvalue weighted by molar-refractivity contribution is 0.224. The highest BCUT2D eigenvalue weighted by atomic mass is 35.5. The zero-order valence-corrected chi connectivity index (χ0v) is 13.4. The summed E-state index contributed by atoms with van der Waals surface area (Å²) in [4.78, 5) is 2.12. The van der Waals surface area contributed by atoms with Crippen LogP contribution in [0.4, 0.5) is 0 Å². The van der Waals surface area contributed by atoms with E-state index in [-0.39, 0.29) is 5.41 Å². The third-order valence-corrected chi connectivity index (χ3v) is 5.31. The highest BCUT2D eigenvalue weighted by Gasteiger charge is 2.21. The monoisotopic (exact) mass is 314 g/mol. The maximum Gasteiger partial charge on any atom is 0.115 e. The summed E-state index contributed by atoms with van der Waals surface area (Å²) in [6.45, 7) is 6.46. The van der Waals surface area contributed by atoms with Crippen LogP contribution in [-0.4, -0.2) is 5.11 Å². The van der Waals surface area contributed by atoms with Gasteiger partial charge < -0.3 is 5.11 Å². The lowest BCUT2D eigenvalue weighted by atomic mass is 9.95. The Bertz CT molecular complexity index is 584. The number of hydrogen-bond donors (Lipinski definition) is 1. The number of aliphatic hydroxyl groups is 1. The Labute approximate surface area is 127 Å². The molecule has 1 heterocycles. The van der Waals surface area contributed by atoms with E-state index in [9.17, 15) is 5.11 Å². The van der Waals surface area contributed by atoms with E-state index in [4.69, 9.17) is 23.2 Å². The molecule has 0 aliphatic rings. The molecule has 0 saturated heterocycles. The van der Waals surface area contributed by atoms with Crippen LogP contribution in [0.3, 0.4) is 0 Å². The molecule has 0 amide bonds. The fourth-order valence-corrected chi connectivity index (χ4v) is 3.27. The van der Waals surface area contributed by atoms with Crippen molar-refractivity contribution in [2.24, 2.45) is 0 Å². The second-order valence-electron chi connectivity index (χ2n) is 5.50. The van der Waals surface area contributed by atoms with Crippen LogP contribution in [0.15, 0.2) is 30.3 Å². The van der Waals surface area contributed by atoms with Crippen molar-refractivity contribution < 1.29 is 5.11 Å². The van der Waals surface area contributed by atoms with Crippen LogP contribution in [0.1, 0.15) is 42.2 Å². The predicted octanol–water partition coefficient (Wildman–Crippen LogP) is 5.43. The summed E-state index contributed by atoms with van der Waals surface area (Å²) in [5.74, 6) is 0. The van der Waals surface area contributed by atoms with E-state index < -0.39 is 6.10 Å². The summed E-state index contributed by atoms with van der Waals surface area (Å²) in [6.07, 6.45) is -0.729. The number of rotatable bonds is 2. The van der Waals surface area contributed by atoms with Crippen molar-refractivity contribution in [3.8, 4) is 0 Å². The number of aliphatic hydroxyl groups excluding tert-OH is 1. The van der Waals surface area contributed by atoms with Gasteiger partial charge in [-0.3, -0.25) is 0 Å². The van der Waals surface area contributed by atoms with E-state index in [1.54, 1.807) is 29.5 Å². The Morgan fingerprint density at radius 1 is 1.11 bits per heavy atom. The van der Waals surface area contributed by atoms with E-state index in [2.05, 4.69) is 26.8 Å². The first-order valence-electron chi connectivity index (χ1n) is 6.03. The molecule has 2 aromatic rings. The Balaban J connectivity index is 2.37. The molecule has 0 saturated carbocycles. The minimum absolute atomic E-state index is 0.0841. The molecule has 0 bridgehead atoms. The van der Waals surface area contributed by atoms with E-state index in [1.807, 2.05) is 6.07 Å². The van der Waals surface area contributed by atoms with Crippen molar-refractivity contribution in [2.75, 3.05) is 0 Å². The van der Waals surface area contributed by atoms with Crippen molar-refractivity contribution in [1.82, 2.24) is 0 Å². The van der Waals surface area contributed by atoms with E-state index in [1.165, 1.54) is 4.88 Å². The highest BCUT2D eigenvalue weighted by Crippen LogP contribution is 2.38. The summed E-state index contributed by atoms with van der Waals surface area (Å²) >= 11 is 13.7. The Hall–Kier alpha value is -0.540. The molecular weight excluding hydrogens is 299 g/mol. The van der Waals surface area contributed by atoms with Gasteiger partial charge in [0.25, 0.3) is 0 Å². The molecule has 1 aromatic heterocycles. The van der Waals surface area contributed by atoms with E-state index in [0.29, 0.717) is 15.6 Å². The van der Waals surface area contributed by atoms with Gasteiger partial charge in [-0.05, 0) is 23.6 Å². The Morgan fingerprint density at radius 3 is 2.37 bits per heavy atom. The van der Waals surface area contributed by atoms with Crippen LogP contribution in [0.2, 0.25) is 10.0 Å². The van der Waals surface area contributed by atoms with Gasteiger partial charge in [0.2, 0.25) is 0 Å². The number of thiophene rings is 1. The molecule has 4 heteroatoms. The largest absolute Gasteiger partial charge is 0.383 e. The molecule has 1 nitrogen and oxygen atoms in total. The maximum atomic E-state index is 10.4. The van der Waals surface area contributed by atoms with Gasteiger partial charge in [-0.2, -0.15) is 0 Å². The number of halogens is 2. The SMILES string of the molecule is CC(C)(C)c1ccc(C(O)c2cccc(Cl)c2Cl)s1. The smallest absolute Gasteiger partial charge is 0.115 e. The van der Waals surface area contributed by atoms with Gasteiger partial charge >= 0.3 is 0 Å². The molecule has 102 valence electrons. The molecule has 0 aliphatic carbocycles. The fourth-order valence-electron chi connectivity index (χ4n) is 1.79. The molecular formula is C15H16Cl2OS. The molecule has 0 aliphatic heterocycles. The summed E-state index contributed by atoms with van der Waals surface area (Å²) in [5.41, 5.74) is 0.734. The summed E-state index contributed by atoms with van der Waals surface area (Å²) in [5, 5.41) is 11.3. The van der Waals surface area contributed by atoms with Crippen LogP contribution in [0.25, 0.3) is 0 Å². The van der Waals surface area contributed by atoms with E-state index >= 15 is 0 Å². The van der Waals surface area contributed by atoms with Crippen LogP contribution >= 0.6 is 34.5 Å². The van der Waals surface area contributed by atoms with Crippen LogP contribution in [0, 0.1) is 0 Å². The fraction of sp³-hybridized carbons (Fsp3) is 0.333. The van der Waals surface area contributed by atoms with Crippen LogP contribution in [0.5, 0.6) is 0 Å². The third-order valence-electron chi connectivity index (χ3n) is 2.91. The summed E-state index contributed by atoms with van der Waals surface area (Å²) in [7, 11) is 0. The van der Waals surface area contributed by atoms with E-state index in [0.717, 1.165) is 4.88 Å². The lowest BCUT2D eigenvalue weighted by Crippen LogP contribution is -2.07. The lowest BCUT2D eigenvalue weighted by Gasteiger charge is -2.16. The number of hydrogen-bond acceptors (Lipinski definition) is 2. The Kier molecular flexibility index (Phi) is 4.26. The molecule has 0 spiro atoms. The first-order chi connectivity index (χ1) is 8.80. The van der Waals surface area contributed by atoms with Crippen molar-refractivity contribution in [1.29, 1.82) is 0 Å². The topological polar surface area (TPSA) is 20.2 Å². The van der Waals surface area contributed by atoms with Crippen LogP contribution < -0.4 is 0 Å². The predicted molar refractivity (Wildman–Crippen MR) is 83.5 cm³/mol. The number of benzene rings is 1. The van der Waals surface area contributed by atoms with Gasteiger partial charge in [0.1, 0.15) is 6.10 Å². The summed E-state index contributed by atoms with van der Waals surface area (Å²) in [6, 6.07) is 9.32. The standard InChI is InChI=1S/C15H16Cl2OS/c1-15(2,3)12-8-7-11(19-12)14(18)9-5-4-6-10(16)13(9)17/h4-8,14,18H,1-3H3. The highest BCUT2D eigenvalue weighted by molar-refractivity contribution is 7.12. The van der Waals surface area contributed by atoms with Crippen LogP contribution in [-0.2, 0) is 5.41 Å². The third kappa shape index (κ3) is 3.14. The van der Waals surface area contributed by atoms with Gasteiger partial charge in [-0.15, -0.1) is 11.3 Å². The zero-order valence-electron chi connectivity index (χ0n) is 11.1. The zero-order chi connectivity index (χ0) is 14.2. The molecule has 0 fully saturated rings. The van der Waals surface area contributed by atoms with Crippen molar-refractivity contribution in [2.45, 2.75) is 32.3 Å². The van der Waals surface area contributed by atoms with Crippen molar-refractivity contribution in [3.05, 3.63) is 55.7 Å². The second kappa shape index (κ2) is 5.45. The van der Waals surface area contributed by atoms with Gasteiger partial charge in [-0.1, -0.05) is 56.1 Å². The molecule has 1 atom stereocenters. The second-order valence-corrected chi connectivity index (χ2v) is 7.40. The molecule has 0 radical (unpaired) electrons. The first-order valence-corrected chi connectivity index (χ1v) is 7.60. The van der Waals surface area contributed by atoms with Gasteiger partial charge in [0, 0.05) is 15.3 Å². The first kappa shape index (κ1) is 14.9. The molecule has 2 rings (SSSR count). The van der Waals surface area contributed by atoms with Crippen molar-refractivity contribution in [3.63, 3.8) is 0 Å². The summed E-state index contributed by atoms with van der Waals surface area (Å²) < 4.78 is 0. The average molecular weight is 315 g/mol. The van der Waals surface area contributed by atoms with Gasteiger partial charge in [0.15, 0.2) is 0 Å². The maximum absolute atomic E-state index is 10.4. The minimum atomic E-state index is -0.729.